The van der Waals surface area contributed by atoms with Crippen LogP contribution in [0.5, 0.6) is 0 Å². The molecule has 1 fully saturated rings. The van der Waals surface area contributed by atoms with Crippen molar-refractivity contribution in [3.8, 4) is 0 Å². The molecule has 24 heavy (non-hydrogen) atoms. The van der Waals surface area contributed by atoms with Crippen LogP contribution < -0.4 is 10.9 Å². The van der Waals surface area contributed by atoms with Gasteiger partial charge in [0.15, 0.2) is 0 Å². The van der Waals surface area contributed by atoms with Gasteiger partial charge in [0.25, 0.3) is 11.5 Å². The molecular formula is C18H23N3O3. The highest BCUT2D eigenvalue weighted by molar-refractivity contribution is 5.96. The van der Waals surface area contributed by atoms with E-state index in [9.17, 15) is 9.59 Å². The molecule has 0 radical (unpaired) electrons. The largest absolute Gasteiger partial charge is 0.379 e. The molecular weight excluding hydrogens is 306 g/mol. The van der Waals surface area contributed by atoms with Gasteiger partial charge in [-0.25, -0.2) is 0 Å². The SMILES string of the molecule is C[C@H]([C@@H](C)NC(=O)c1cc2ccccc2c(=O)[nH]1)N1CCOCC1. The summed E-state index contributed by atoms with van der Waals surface area (Å²) in [6.45, 7) is 7.27. The third-order valence-electron chi connectivity index (χ3n) is 4.70. The summed E-state index contributed by atoms with van der Waals surface area (Å²) in [5, 5.41) is 4.34. The number of rotatable bonds is 4. The van der Waals surface area contributed by atoms with Gasteiger partial charge in [-0.2, -0.15) is 0 Å². The Kier molecular flexibility index (Phi) is 4.97. The molecule has 0 unspecified atom stereocenters. The number of amides is 1. The maximum absolute atomic E-state index is 12.5. The van der Waals surface area contributed by atoms with Crippen molar-refractivity contribution >= 4 is 16.7 Å². The fourth-order valence-electron chi connectivity index (χ4n) is 3.04. The predicted molar refractivity (Wildman–Crippen MR) is 93.4 cm³/mol. The monoisotopic (exact) mass is 329 g/mol. The van der Waals surface area contributed by atoms with E-state index >= 15 is 0 Å². The second kappa shape index (κ2) is 7.15. The van der Waals surface area contributed by atoms with E-state index in [0.717, 1.165) is 31.7 Å². The minimum Gasteiger partial charge on any atom is -0.379 e. The maximum atomic E-state index is 12.5. The first-order valence-electron chi connectivity index (χ1n) is 8.31. The molecule has 1 aliphatic heterocycles. The Hall–Kier alpha value is -2.18. The van der Waals surface area contributed by atoms with Gasteiger partial charge in [0.1, 0.15) is 5.69 Å². The van der Waals surface area contributed by atoms with Crippen molar-refractivity contribution in [2.24, 2.45) is 0 Å². The number of H-pyrrole nitrogens is 1. The highest BCUT2D eigenvalue weighted by Crippen LogP contribution is 2.11. The Labute approximate surface area is 140 Å². The number of aromatic amines is 1. The molecule has 1 aromatic carbocycles. The Morgan fingerprint density at radius 3 is 2.71 bits per heavy atom. The summed E-state index contributed by atoms with van der Waals surface area (Å²) in [5.74, 6) is -0.259. The number of fused-ring (bicyclic) bond motifs is 1. The van der Waals surface area contributed by atoms with Crippen molar-refractivity contribution in [1.82, 2.24) is 15.2 Å². The van der Waals surface area contributed by atoms with Crippen molar-refractivity contribution in [2.45, 2.75) is 25.9 Å². The van der Waals surface area contributed by atoms with Gasteiger partial charge in [0, 0.05) is 30.6 Å². The van der Waals surface area contributed by atoms with Gasteiger partial charge >= 0.3 is 0 Å². The molecule has 2 atom stereocenters. The first kappa shape index (κ1) is 16.7. The number of aromatic nitrogens is 1. The van der Waals surface area contributed by atoms with Crippen LogP contribution in [0.4, 0.5) is 0 Å². The summed E-state index contributed by atoms with van der Waals surface area (Å²) in [7, 11) is 0. The van der Waals surface area contributed by atoms with Gasteiger partial charge in [-0.1, -0.05) is 18.2 Å². The third kappa shape index (κ3) is 3.49. The summed E-state index contributed by atoms with van der Waals surface area (Å²) < 4.78 is 5.37. The van der Waals surface area contributed by atoms with Crippen LogP contribution in [0, 0.1) is 0 Å². The molecule has 1 aromatic heterocycles. The fraction of sp³-hybridized carbons (Fsp3) is 0.444. The number of morpholine rings is 1. The quantitative estimate of drug-likeness (QED) is 0.888. The first-order valence-corrected chi connectivity index (χ1v) is 8.31. The number of ether oxygens (including phenoxy) is 1. The van der Waals surface area contributed by atoms with Crippen molar-refractivity contribution in [3.05, 3.63) is 46.4 Å². The predicted octanol–water partition coefficient (Wildman–Crippen LogP) is 1.37. The topological polar surface area (TPSA) is 74.4 Å². The minimum absolute atomic E-state index is 0.0365. The van der Waals surface area contributed by atoms with E-state index in [1.54, 1.807) is 12.1 Å². The van der Waals surface area contributed by atoms with E-state index in [2.05, 4.69) is 22.1 Å². The number of carbonyl (C=O) groups excluding carboxylic acids is 1. The minimum atomic E-state index is -0.259. The molecule has 128 valence electrons. The van der Waals surface area contributed by atoms with E-state index < -0.39 is 0 Å². The van der Waals surface area contributed by atoms with Crippen molar-refractivity contribution in [3.63, 3.8) is 0 Å². The number of hydrogen-bond donors (Lipinski definition) is 2. The Balaban J connectivity index is 1.73. The maximum Gasteiger partial charge on any atom is 0.268 e. The van der Waals surface area contributed by atoms with Crippen LogP contribution in [-0.2, 0) is 4.74 Å². The molecule has 0 saturated carbocycles. The lowest BCUT2D eigenvalue weighted by Crippen LogP contribution is -2.52. The van der Waals surface area contributed by atoms with Crippen LogP contribution in [0.1, 0.15) is 24.3 Å². The van der Waals surface area contributed by atoms with Crippen LogP contribution in [-0.4, -0.2) is 54.2 Å². The van der Waals surface area contributed by atoms with Gasteiger partial charge in [0.2, 0.25) is 0 Å². The average Bonchev–Trinajstić information content (AvgIpc) is 2.61. The number of nitrogens with one attached hydrogen (secondary N) is 2. The molecule has 2 heterocycles. The highest BCUT2D eigenvalue weighted by atomic mass is 16.5. The molecule has 0 bridgehead atoms. The Morgan fingerprint density at radius 2 is 1.96 bits per heavy atom. The lowest BCUT2D eigenvalue weighted by Gasteiger charge is -2.35. The molecule has 6 heteroatoms. The normalized spacial score (nSPS) is 18.2. The first-order chi connectivity index (χ1) is 11.6. The molecule has 1 amide bonds. The van der Waals surface area contributed by atoms with Crippen LogP contribution in [0.25, 0.3) is 10.8 Å². The zero-order valence-electron chi connectivity index (χ0n) is 14.0. The van der Waals surface area contributed by atoms with E-state index in [1.807, 2.05) is 25.1 Å². The second-order valence-corrected chi connectivity index (χ2v) is 6.25. The molecule has 6 nitrogen and oxygen atoms in total. The zero-order chi connectivity index (χ0) is 17.1. The van der Waals surface area contributed by atoms with Gasteiger partial charge in [-0.05, 0) is 31.4 Å². The summed E-state index contributed by atoms with van der Waals surface area (Å²) >= 11 is 0. The number of benzene rings is 1. The number of nitrogens with zero attached hydrogens (tertiary/aromatic N) is 1. The van der Waals surface area contributed by atoms with E-state index in [1.165, 1.54) is 0 Å². The van der Waals surface area contributed by atoms with Crippen molar-refractivity contribution in [1.29, 1.82) is 0 Å². The number of pyridine rings is 1. The van der Waals surface area contributed by atoms with Gasteiger partial charge in [0.05, 0.1) is 13.2 Å². The van der Waals surface area contributed by atoms with Crippen LogP contribution in [0.3, 0.4) is 0 Å². The van der Waals surface area contributed by atoms with Gasteiger partial charge < -0.3 is 15.0 Å². The van der Waals surface area contributed by atoms with Crippen LogP contribution in [0.15, 0.2) is 35.1 Å². The van der Waals surface area contributed by atoms with Crippen LogP contribution in [0.2, 0.25) is 0 Å². The third-order valence-corrected chi connectivity index (χ3v) is 4.70. The van der Waals surface area contributed by atoms with E-state index in [-0.39, 0.29) is 23.6 Å². The molecule has 2 N–H and O–H groups in total. The van der Waals surface area contributed by atoms with E-state index in [0.29, 0.717) is 11.1 Å². The Bertz CT molecular complexity index is 780. The molecule has 1 aliphatic rings. The van der Waals surface area contributed by atoms with Crippen molar-refractivity contribution < 1.29 is 9.53 Å². The molecule has 0 spiro atoms. The zero-order valence-corrected chi connectivity index (χ0v) is 14.0. The number of hydrogen-bond acceptors (Lipinski definition) is 4. The van der Waals surface area contributed by atoms with Gasteiger partial charge in [-0.15, -0.1) is 0 Å². The smallest absolute Gasteiger partial charge is 0.268 e. The van der Waals surface area contributed by atoms with Crippen LogP contribution >= 0.6 is 0 Å². The lowest BCUT2D eigenvalue weighted by atomic mass is 10.1. The summed E-state index contributed by atoms with van der Waals surface area (Å²) in [6.07, 6.45) is 0. The molecule has 1 saturated heterocycles. The second-order valence-electron chi connectivity index (χ2n) is 6.25. The molecule has 0 aliphatic carbocycles. The average molecular weight is 329 g/mol. The highest BCUT2D eigenvalue weighted by Gasteiger charge is 2.23. The molecule has 2 aromatic rings. The molecule has 3 rings (SSSR count). The lowest BCUT2D eigenvalue weighted by molar-refractivity contribution is 0.0137. The van der Waals surface area contributed by atoms with Crippen molar-refractivity contribution in [2.75, 3.05) is 26.3 Å². The Morgan fingerprint density at radius 1 is 1.25 bits per heavy atom. The van der Waals surface area contributed by atoms with E-state index in [4.69, 9.17) is 4.74 Å². The summed E-state index contributed by atoms with van der Waals surface area (Å²) in [6, 6.07) is 9.13. The standard InChI is InChI=1S/C18H23N3O3/c1-12(13(2)21-7-9-24-10-8-21)19-18(23)16-11-14-5-3-4-6-15(14)17(22)20-16/h3-6,11-13H,7-10H2,1-2H3,(H,19,23)(H,20,22)/t12-,13-/m1/s1. The fourth-order valence-corrected chi connectivity index (χ4v) is 3.04. The van der Waals surface area contributed by atoms with Gasteiger partial charge in [-0.3, -0.25) is 14.5 Å². The summed E-state index contributed by atoms with van der Waals surface area (Å²) in [4.78, 5) is 29.6. The number of carbonyl (C=O) groups is 1. The summed E-state index contributed by atoms with van der Waals surface area (Å²) in [5.41, 5.74) is 0.0480.